The first-order valence-corrected chi connectivity index (χ1v) is 7.06. The second kappa shape index (κ2) is 6.15. The second-order valence-electron chi connectivity index (χ2n) is 3.53. The number of nitrogens with one attached hydrogen (secondary N) is 1. The molecule has 0 aliphatic carbocycles. The lowest BCUT2D eigenvalue weighted by Crippen LogP contribution is -1.95. The van der Waals surface area contributed by atoms with E-state index in [1.165, 1.54) is 17.4 Å². The minimum absolute atomic E-state index is 0.247. The average molecular weight is 331 g/mol. The molecule has 0 fully saturated rings. The van der Waals surface area contributed by atoms with Crippen molar-refractivity contribution >= 4 is 32.4 Å². The number of hydrogen-bond acceptors (Lipinski definition) is 4. The summed E-state index contributed by atoms with van der Waals surface area (Å²) in [6.07, 6.45) is 1.74. The smallest absolute Gasteiger partial charge is 0.182 e. The van der Waals surface area contributed by atoms with Crippen molar-refractivity contribution in [1.29, 1.82) is 0 Å². The molecule has 0 unspecified atom stereocenters. The Bertz CT molecular complexity index is 533. The van der Waals surface area contributed by atoms with Crippen LogP contribution in [0.15, 0.2) is 28.9 Å². The van der Waals surface area contributed by atoms with Crippen molar-refractivity contribution in [3.8, 4) is 5.75 Å². The maximum absolute atomic E-state index is 13.5. The van der Waals surface area contributed by atoms with Gasteiger partial charge in [0.1, 0.15) is 6.61 Å². The number of thiazole rings is 1. The van der Waals surface area contributed by atoms with Gasteiger partial charge in [0.05, 0.1) is 4.88 Å². The maximum Gasteiger partial charge on any atom is 0.182 e. The van der Waals surface area contributed by atoms with Gasteiger partial charge in [-0.3, -0.25) is 0 Å². The summed E-state index contributed by atoms with van der Waals surface area (Å²) in [6, 6.07) is 4.73. The lowest BCUT2D eigenvalue weighted by Gasteiger charge is -2.05. The summed E-state index contributed by atoms with van der Waals surface area (Å²) in [4.78, 5) is 5.13. The van der Waals surface area contributed by atoms with Crippen LogP contribution in [0.3, 0.4) is 0 Å². The van der Waals surface area contributed by atoms with E-state index in [1.807, 2.05) is 6.92 Å². The first kappa shape index (κ1) is 13.3. The fourth-order valence-corrected chi connectivity index (χ4v) is 2.48. The van der Waals surface area contributed by atoms with Gasteiger partial charge in [0.15, 0.2) is 16.7 Å². The molecular formula is C12H12BrFN2OS. The highest BCUT2D eigenvalue weighted by Crippen LogP contribution is 2.24. The summed E-state index contributed by atoms with van der Waals surface area (Å²) in [5.41, 5.74) is 0. The quantitative estimate of drug-likeness (QED) is 0.897. The lowest BCUT2D eigenvalue weighted by molar-refractivity contribution is 0.293. The Balaban J connectivity index is 1.97. The molecule has 0 atom stereocenters. The molecule has 0 saturated carbocycles. The first-order chi connectivity index (χ1) is 8.69. The van der Waals surface area contributed by atoms with E-state index in [4.69, 9.17) is 4.74 Å². The van der Waals surface area contributed by atoms with Crippen LogP contribution >= 0.6 is 27.3 Å². The molecule has 18 heavy (non-hydrogen) atoms. The third-order valence-corrected chi connectivity index (χ3v) is 3.57. The van der Waals surface area contributed by atoms with Crippen LogP contribution in [-0.4, -0.2) is 11.5 Å². The standard InChI is InChI=1S/C12H12BrFN2OS/c1-2-15-12-16-6-9(18-12)7-17-11-4-3-8(13)5-10(11)14/h3-6H,2,7H2,1H3,(H,15,16). The summed E-state index contributed by atoms with van der Waals surface area (Å²) in [6.45, 7) is 3.16. The molecule has 0 saturated heterocycles. The van der Waals surface area contributed by atoms with Crippen LogP contribution in [0.2, 0.25) is 0 Å². The van der Waals surface area contributed by atoms with Crippen LogP contribution in [0.1, 0.15) is 11.8 Å². The van der Waals surface area contributed by atoms with Crippen molar-refractivity contribution in [2.24, 2.45) is 0 Å². The van der Waals surface area contributed by atoms with Gasteiger partial charge < -0.3 is 10.1 Å². The molecule has 2 aromatic rings. The van der Waals surface area contributed by atoms with Gasteiger partial charge in [0.25, 0.3) is 0 Å². The number of aromatic nitrogens is 1. The zero-order chi connectivity index (χ0) is 13.0. The highest BCUT2D eigenvalue weighted by atomic mass is 79.9. The van der Waals surface area contributed by atoms with Crippen molar-refractivity contribution < 1.29 is 9.13 Å². The van der Waals surface area contributed by atoms with E-state index in [-0.39, 0.29) is 11.6 Å². The topological polar surface area (TPSA) is 34.2 Å². The minimum atomic E-state index is -0.374. The monoisotopic (exact) mass is 330 g/mol. The van der Waals surface area contributed by atoms with Crippen LogP contribution in [0.25, 0.3) is 0 Å². The molecule has 0 amide bonds. The highest BCUT2D eigenvalue weighted by Gasteiger charge is 2.06. The molecule has 1 heterocycles. The van der Waals surface area contributed by atoms with Crippen molar-refractivity contribution in [2.45, 2.75) is 13.5 Å². The fourth-order valence-electron chi connectivity index (χ4n) is 1.35. The van der Waals surface area contributed by atoms with Crippen molar-refractivity contribution in [3.05, 3.63) is 39.6 Å². The fraction of sp³-hybridized carbons (Fsp3) is 0.250. The Morgan fingerprint density at radius 2 is 2.33 bits per heavy atom. The third kappa shape index (κ3) is 3.43. The van der Waals surface area contributed by atoms with Gasteiger partial charge in [-0.15, -0.1) is 0 Å². The summed E-state index contributed by atoms with van der Waals surface area (Å²) in [5, 5.41) is 3.97. The SMILES string of the molecule is CCNc1ncc(COc2ccc(Br)cc2F)s1. The maximum atomic E-state index is 13.5. The van der Waals surface area contributed by atoms with E-state index >= 15 is 0 Å². The predicted octanol–water partition coefficient (Wildman–Crippen LogP) is 4.06. The summed E-state index contributed by atoms with van der Waals surface area (Å²) >= 11 is 4.71. The van der Waals surface area contributed by atoms with E-state index in [2.05, 4.69) is 26.2 Å². The lowest BCUT2D eigenvalue weighted by atomic mass is 10.3. The number of hydrogen-bond donors (Lipinski definition) is 1. The van der Waals surface area contributed by atoms with Gasteiger partial charge in [-0.05, 0) is 25.1 Å². The molecule has 0 radical (unpaired) electrons. The minimum Gasteiger partial charge on any atom is -0.485 e. The van der Waals surface area contributed by atoms with E-state index in [0.29, 0.717) is 11.1 Å². The van der Waals surface area contributed by atoms with E-state index in [0.717, 1.165) is 16.6 Å². The average Bonchev–Trinajstić information content (AvgIpc) is 2.76. The largest absolute Gasteiger partial charge is 0.485 e. The van der Waals surface area contributed by atoms with Crippen LogP contribution in [0.5, 0.6) is 5.75 Å². The number of anilines is 1. The number of benzene rings is 1. The Morgan fingerprint density at radius 3 is 3.06 bits per heavy atom. The molecule has 6 heteroatoms. The van der Waals surface area contributed by atoms with Crippen molar-refractivity contribution in [3.63, 3.8) is 0 Å². The molecule has 0 bridgehead atoms. The van der Waals surface area contributed by atoms with Crippen molar-refractivity contribution in [2.75, 3.05) is 11.9 Å². The van der Waals surface area contributed by atoms with Gasteiger partial charge in [-0.1, -0.05) is 27.3 Å². The molecule has 0 spiro atoms. The van der Waals surface area contributed by atoms with Gasteiger partial charge in [0, 0.05) is 17.2 Å². The van der Waals surface area contributed by atoms with Gasteiger partial charge >= 0.3 is 0 Å². The van der Waals surface area contributed by atoms with Crippen molar-refractivity contribution in [1.82, 2.24) is 4.98 Å². The molecule has 1 aromatic carbocycles. The summed E-state index contributed by atoms with van der Waals surface area (Å²) in [7, 11) is 0. The number of rotatable bonds is 5. The van der Waals surface area contributed by atoms with E-state index < -0.39 is 0 Å². The zero-order valence-corrected chi connectivity index (χ0v) is 12.1. The Hall–Kier alpha value is -1.14. The molecule has 96 valence electrons. The van der Waals surface area contributed by atoms with Gasteiger partial charge in [-0.2, -0.15) is 0 Å². The highest BCUT2D eigenvalue weighted by molar-refractivity contribution is 9.10. The summed E-state index contributed by atoms with van der Waals surface area (Å²) in [5.74, 6) is -0.127. The molecule has 1 N–H and O–H groups in total. The number of ether oxygens (including phenoxy) is 1. The Labute approximate surface area is 117 Å². The van der Waals surface area contributed by atoms with E-state index in [1.54, 1.807) is 18.3 Å². The second-order valence-corrected chi connectivity index (χ2v) is 5.56. The van der Waals surface area contributed by atoms with Crippen LogP contribution in [0, 0.1) is 5.82 Å². The molecule has 3 nitrogen and oxygen atoms in total. The first-order valence-electron chi connectivity index (χ1n) is 5.45. The molecule has 0 aliphatic heterocycles. The molecular weight excluding hydrogens is 319 g/mol. The number of halogens is 2. The normalized spacial score (nSPS) is 10.4. The summed E-state index contributed by atoms with van der Waals surface area (Å²) < 4.78 is 19.6. The Kier molecular flexibility index (Phi) is 4.54. The van der Waals surface area contributed by atoms with E-state index in [9.17, 15) is 4.39 Å². The molecule has 1 aromatic heterocycles. The third-order valence-electron chi connectivity index (χ3n) is 2.15. The zero-order valence-electron chi connectivity index (χ0n) is 9.74. The van der Waals surface area contributed by atoms with Gasteiger partial charge in [-0.25, -0.2) is 9.37 Å². The number of nitrogens with zero attached hydrogens (tertiary/aromatic N) is 1. The van der Waals surface area contributed by atoms with Gasteiger partial charge in [0.2, 0.25) is 0 Å². The molecule has 2 rings (SSSR count). The van der Waals surface area contributed by atoms with Crippen LogP contribution < -0.4 is 10.1 Å². The van der Waals surface area contributed by atoms with Crippen LogP contribution in [0.4, 0.5) is 9.52 Å². The predicted molar refractivity (Wildman–Crippen MR) is 74.7 cm³/mol. The Morgan fingerprint density at radius 1 is 1.50 bits per heavy atom. The van der Waals surface area contributed by atoms with Crippen LogP contribution in [-0.2, 0) is 6.61 Å². The molecule has 0 aliphatic rings.